The molecule has 1 aromatic heterocycles. The summed E-state index contributed by atoms with van der Waals surface area (Å²) in [7, 11) is 0. The van der Waals surface area contributed by atoms with E-state index in [2.05, 4.69) is 9.98 Å². The molecule has 0 fully saturated rings. The lowest BCUT2D eigenvalue weighted by Gasteiger charge is -2.01. The second kappa shape index (κ2) is 5.95. The van der Waals surface area contributed by atoms with Crippen LogP contribution >= 0.6 is 11.6 Å². The number of aromatic nitrogens is 1. The number of carboxylic acid groups (broad SMARTS) is 1. The summed E-state index contributed by atoms with van der Waals surface area (Å²) in [5, 5.41) is 10.5. The first-order valence-corrected chi connectivity index (χ1v) is 6.94. The SMILES string of the molecule is O=C(O)c1cccc(N=Cc2cc(Cl)c3ccccc3n2)c1. The molecule has 2 aromatic carbocycles. The Morgan fingerprint density at radius 2 is 1.95 bits per heavy atom. The quantitative estimate of drug-likeness (QED) is 0.732. The van der Waals surface area contributed by atoms with E-state index >= 15 is 0 Å². The number of carboxylic acids is 1. The number of hydrogen-bond acceptors (Lipinski definition) is 3. The van der Waals surface area contributed by atoms with Gasteiger partial charge < -0.3 is 5.11 Å². The number of nitrogens with zero attached hydrogens (tertiary/aromatic N) is 2. The molecule has 0 aliphatic heterocycles. The van der Waals surface area contributed by atoms with Gasteiger partial charge in [-0.25, -0.2) is 9.78 Å². The number of pyridine rings is 1. The topological polar surface area (TPSA) is 62.5 Å². The number of aromatic carboxylic acids is 1. The molecule has 0 aliphatic carbocycles. The summed E-state index contributed by atoms with van der Waals surface area (Å²) < 4.78 is 0. The van der Waals surface area contributed by atoms with Gasteiger partial charge in [0.05, 0.1) is 33.7 Å². The minimum Gasteiger partial charge on any atom is -0.478 e. The van der Waals surface area contributed by atoms with E-state index in [0.717, 1.165) is 10.9 Å². The molecule has 4 nitrogen and oxygen atoms in total. The summed E-state index contributed by atoms with van der Waals surface area (Å²) in [6.07, 6.45) is 1.57. The van der Waals surface area contributed by atoms with Gasteiger partial charge in [0.15, 0.2) is 0 Å². The molecule has 0 atom stereocenters. The smallest absolute Gasteiger partial charge is 0.335 e. The van der Waals surface area contributed by atoms with Gasteiger partial charge in [-0.1, -0.05) is 35.9 Å². The molecular formula is C17H11ClN2O2. The lowest BCUT2D eigenvalue weighted by molar-refractivity contribution is 0.0697. The summed E-state index contributed by atoms with van der Waals surface area (Å²) in [5.41, 5.74) is 2.14. The minimum absolute atomic E-state index is 0.194. The molecule has 0 spiro atoms. The van der Waals surface area contributed by atoms with Gasteiger partial charge in [0.2, 0.25) is 0 Å². The highest BCUT2D eigenvalue weighted by atomic mass is 35.5. The Morgan fingerprint density at radius 1 is 1.14 bits per heavy atom. The van der Waals surface area contributed by atoms with Gasteiger partial charge in [0.1, 0.15) is 0 Å². The lowest BCUT2D eigenvalue weighted by Crippen LogP contribution is -1.94. The molecule has 0 unspecified atom stereocenters. The summed E-state index contributed by atoms with van der Waals surface area (Å²) in [5.74, 6) is -0.982. The van der Waals surface area contributed by atoms with Gasteiger partial charge in [-0.2, -0.15) is 0 Å². The van der Waals surface area contributed by atoms with E-state index in [1.165, 1.54) is 12.1 Å². The van der Waals surface area contributed by atoms with Crippen molar-refractivity contribution in [1.29, 1.82) is 0 Å². The maximum Gasteiger partial charge on any atom is 0.335 e. The van der Waals surface area contributed by atoms with Crippen LogP contribution in [0, 0.1) is 0 Å². The van der Waals surface area contributed by atoms with Crippen LogP contribution in [0.2, 0.25) is 5.02 Å². The molecule has 1 N–H and O–H groups in total. The largest absolute Gasteiger partial charge is 0.478 e. The highest BCUT2D eigenvalue weighted by molar-refractivity contribution is 6.35. The molecule has 22 heavy (non-hydrogen) atoms. The predicted octanol–water partition coefficient (Wildman–Crippen LogP) is 4.34. The average Bonchev–Trinajstić information content (AvgIpc) is 2.53. The van der Waals surface area contributed by atoms with Crippen LogP contribution in [0.25, 0.3) is 10.9 Å². The fraction of sp³-hybridized carbons (Fsp3) is 0. The van der Waals surface area contributed by atoms with Crippen LogP contribution in [0.15, 0.2) is 59.6 Å². The molecule has 0 saturated heterocycles. The van der Waals surface area contributed by atoms with Gasteiger partial charge in [0, 0.05) is 5.39 Å². The lowest BCUT2D eigenvalue weighted by atomic mass is 10.2. The highest BCUT2D eigenvalue weighted by Gasteiger charge is 2.03. The third-order valence-corrected chi connectivity index (χ3v) is 3.44. The van der Waals surface area contributed by atoms with E-state index in [1.807, 2.05) is 24.3 Å². The molecule has 1 heterocycles. The van der Waals surface area contributed by atoms with Crippen molar-refractivity contribution in [1.82, 2.24) is 4.98 Å². The summed E-state index contributed by atoms with van der Waals surface area (Å²) in [6, 6.07) is 15.7. The summed E-state index contributed by atoms with van der Waals surface area (Å²) in [4.78, 5) is 19.7. The maximum atomic E-state index is 10.9. The molecule has 0 radical (unpaired) electrons. The second-order valence-electron chi connectivity index (χ2n) is 4.66. The second-order valence-corrected chi connectivity index (χ2v) is 5.07. The zero-order valence-electron chi connectivity index (χ0n) is 11.4. The Kier molecular flexibility index (Phi) is 3.85. The van der Waals surface area contributed by atoms with Crippen LogP contribution in [-0.2, 0) is 0 Å². The van der Waals surface area contributed by atoms with Crippen molar-refractivity contribution >= 4 is 40.4 Å². The molecule has 0 aliphatic rings. The molecule has 108 valence electrons. The van der Waals surface area contributed by atoms with Crippen molar-refractivity contribution in [3.8, 4) is 0 Å². The molecule has 3 rings (SSSR count). The van der Waals surface area contributed by atoms with Crippen LogP contribution in [-0.4, -0.2) is 22.3 Å². The summed E-state index contributed by atoms with van der Waals surface area (Å²) >= 11 is 6.23. The molecular weight excluding hydrogens is 300 g/mol. The van der Waals surface area contributed by atoms with E-state index in [1.54, 1.807) is 24.4 Å². The number of hydrogen-bond donors (Lipinski definition) is 1. The van der Waals surface area contributed by atoms with Crippen molar-refractivity contribution in [3.63, 3.8) is 0 Å². The maximum absolute atomic E-state index is 10.9. The first-order valence-electron chi connectivity index (χ1n) is 6.56. The van der Waals surface area contributed by atoms with Gasteiger partial charge in [-0.15, -0.1) is 0 Å². The van der Waals surface area contributed by atoms with Gasteiger partial charge in [-0.3, -0.25) is 4.99 Å². The van der Waals surface area contributed by atoms with Crippen LogP contribution in [0.4, 0.5) is 5.69 Å². The number of rotatable bonds is 3. The first-order chi connectivity index (χ1) is 10.6. The number of carbonyl (C=O) groups is 1. The average molecular weight is 311 g/mol. The van der Waals surface area contributed by atoms with Crippen molar-refractivity contribution in [2.75, 3.05) is 0 Å². The number of para-hydroxylation sites is 1. The van der Waals surface area contributed by atoms with Crippen LogP contribution in [0.5, 0.6) is 0 Å². The number of aliphatic imine (C=N–C) groups is 1. The Morgan fingerprint density at radius 3 is 2.77 bits per heavy atom. The van der Waals surface area contributed by atoms with Crippen LogP contribution in [0.1, 0.15) is 16.1 Å². The van der Waals surface area contributed by atoms with E-state index in [-0.39, 0.29) is 5.56 Å². The molecule has 0 saturated carbocycles. The van der Waals surface area contributed by atoms with Crippen molar-refractivity contribution in [2.24, 2.45) is 4.99 Å². The normalized spacial score (nSPS) is 11.1. The minimum atomic E-state index is -0.982. The molecule has 5 heteroatoms. The fourth-order valence-corrected chi connectivity index (χ4v) is 2.35. The number of fused-ring (bicyclic) bond motifs is 1. The van der Waals surface area contributed by atoms with Crippen molar-refractivity contribution in [3.05, 3.63) is 70.9 Å². The monoisotopic (exact) mass is 310 g/mol. The van der Waals surface area contributed by atoms with Crippen LogP contribution in [0.3, 0.4) is 0 Å². The fourth-order valence-electron chi connectivity index (χ4n) is 2.08. The van der Waals surface area contributed by atoms with Gasteiger partial charge >= 0.3 is 5.97 Å². The first kappa shape index (κ1) is 14.2. The van der Waals surface area contributed by atoms with Crippen molar-refractivity contribution < 1.29 is 9.90 Å². The van der Waals surface area contributed by atoms with E-state index in [4.69, 9.17) is 16.7 Å². The van der Waals surface area contributed by atoms with Crippen molar-refractivity contribution in [2.45, 2.75) is 0 Å². The third-order valence-electron chi connectivity index (χ3n) is 3.12. The summed E-state index contributed by atoms with van der Waals surface area (Å²) in [6.45, 7) is 0. The number of halogens is 1. The molecule has 3 aromatic rings. The van der Waals surface area contributed by atoms with E-state index < -0.39 is 5.97 Å². The van der Waals surface area contributed by atoms with E-state index in [9.17, 15) is 4.79 Å². The Balaban J connectivity index is 1.95. The predicted molar refractivity (Wildman–Crippen MR) is 87.4 cm³/mol. The Hall–Kier alpha value is -2.72. The Labute approximate surface area is 131 Å². The van der Waals surface area contributed by atoms with Crippen LogP contribution < -0.4 is 0 Å². The van der Waals surface area contributed by atoms with Gasteiger partial charge in [0.25, 0.3) is 0 Å². The Bertz CT molecular complexity index is 891. The standard InChI is InChI=1S/C17H11ClN2O2/c18-15-9-13(20-16-7-2-1-6-14(15)16)10-19-12-5-3-4-11(8-12)17(21)22/h1-10H,(H,21,22). The van der Waals surface area contributed by atoms with E-state index in [0.29, 0.717) is 16.4 Å². The zero-order valence-corrected chi connectivity index (χ0v) is 12.2. The third kappa shape index (κ3) is 2.97. The zero-order chi connectivity index (χ0) is 15.5. The molecule has 0 bridgehead atoms. The number of benzene rings is 2. The molecule has 0 amide bonds. The van der Waals surface area contributed by atoms with Gasteiger partial charge in [-0.05, 0) is 30.3 Å². The highest BCUT2D eigenvalue weighted by Crippen LogP contribution is 2.22.